The summed E-state index contributed by atoms with van der Waals surface area (Å²) < 4.78 is 7.67. The molecule has 1 fully saturated rings. The van der Waals surface area contributed by atoms with Crippen LogP contribution in [0.15, 0.2) is 54.9 Å². The van der Waals surface area contributed by atoms with Crippen molar-refractivity contribution in [3.63, 3.8) is 0 Å². The highest BCUT2D eigenvalue weighted by Gasteiger charge is 2.42. The number of fused-ring (bicyclic) bond motifs is 4. The molecule has 33 heavy (non-hydrogen) atoms. The number of hydrogen-bond acceptors (Lipinski definition) is 7. The number of rotatable bonds is 3. The van der Waals surface area contributed by atoms with Gasteiger partial charge in [0, 0.05) is 37.2 Å². The monoisotopic (exact) mass is 442 g/mol. The van der Waals surface area contributed by atoms with Crippen LogP contribution in [0, 0.1) is 0 Å². The maximum absolute atomic E-state index is 13.1. The summed E-state index contributed by atoms with van der Waals surface area (Å²) in [6, 6.07) is 13.8. The maximum atomic E-state index is 13.1. The number of anilines is 1. The lowest BCUT2D eigenvalue weighted by Crippen LogP contribution is -2.51. The van der Waals surface area contributed by atoms with Gasteiger partial charge in [0.15, 0.2) is 0 Å². The quantitative estimate of drug-likeness (QED) is 0.501. The smallest absolute Gasteiger partial charge is 0.255 e. The Kier molecular flexibility index (Phi) is 4.39. The number of amides is 1. The van der Waals surface area contributed by atoms with E-state index in [1.165, 1.54) is 5.69 Å². The zero-order valence-corrected chi connectivity index (χ0v) is 18.0. The minimum absolute atomic E-state index is 0.0229. The SMILES string of the molecule is COc1ccc2c(c1)NC1(CCN(C(=O)c3ccc(-c4nn[nH]n4)nc3)CC1)c1cccn1-2. The average molecular weight is 442 g/mol. The summed E-state index contributed by atoms with van der Waals surface area (Å²) in [5, 5.41) is 17.6. The molecule has 0 saturated carbocycles. The van der Waals surface area contributed by atoms with E-state index in [1.807, 2.05) is 17.0 Å². The van der Waals surface area contributed by atoms with Gasteiger partial charge in [-0.2, -0.15) is 5.21 Å². The van der Waals surface area contributed by atoms with E-state index in [0.29, 0.717) is 30.2 Å². The molecule has 10 heteroatoms. The number of aromatic nitrogens is 6. The first-order valence-electron chi connectivity index (χ1n) is 10.8. The topological polar surface area (TPSA) is 114 Å². The Morgan fingerprint density at radius 3 is 2.76 bits per heavy atom. The van der Waals surface area contributed by atoms with Crippen molar-refractivity contribution < 1.29 is 9.53 Å². The lowest BCUT2D eigenvalue weighted by atomic mass is 9.82. The number of piperidine rings is 1. The first-order chi connectivity index (χ1) is 16.2. The minimum Gasteiger partial charge on any atom is -0.497 e. The molecular formula is C23H22N8O2. The summed E-state index contributed by atoms with van der Waals surface area (Å²) in [6.07, 6.45) is 5.27. The Bertz CT molecular complexity index is 1300. The van der Waals surface area contributed by atoms with Gasteiger partial charge in [0.05, 0.1) is 29.6 Å². The molecule has 5 heterocycles. The van der Waals surface area contributed by atoms with Crippen molar-refractivity contribution in [3.05, 3.63) is 66.1 Å². The number of tetrazole rings is 1. The molecule has 3 aromatic heterocycles. The Hall–Kier alpha value is -4.21. The molecule has 2 aliphatic rings. The number of nitrogens with one attached hydrogen (secondary N) is 2. The van der Waals surface area contributed by atoms with E-state index in [1.54, 1.807) is 25.4 Å². The third kappa shape index (κ3) is 3.13. The predicted octanol–water partition coefficient (Wildman–Crippen LogP) is 2.62. The number of carbonyl (C=O) groups excluding carboxylic acids is 1. The molecule has 0 unspecified atom stereocenters. The van der Waals surface area contributed by atoms with Crippen LogP contribution in [-0.2, 0) is 5.54 Å². The van der Waals surface area contributed by atoms with Crippen LogP contribution in [0.1, 0.15) is 28.9 Å². The van der Waals surface area contributed by atoms with Gasteiger partial charge in [0.2, 0.25) is 5.82 Å². The molecular weight excluding hydrogens is 420 g/mol. The van der Waals surface area contributed by atoms with Crippen molar-refractivity contribution in [2.75, 3.05) is 25.5 Å². The highest BCUT2D eigenvalue weighted by atomic mass is 16.5. The first-order valence-corrected chi connectivity index (χ1v) is 10.8. The van der Waals surface area contributed by atoms with Crippen molar-refractivity contribution in [3.8, 4) is 23.0 Å². The number of aromatic amines is 1. The lowest BCUT2D eigenvalue weighted by Gasteiger charge is -2.46. The fraction of sp³-hybridized carbons (Fsp3) is 0.261. The summed E-state index contributed by atoms with van der Waals surface area (Å²) >= 11 is 0. The number of hydrogen-bond donors (Lipinski definition) is 2. The van der Waals surface area contributed by atoms with Crippen molar-refractivity contribution in [2.45, 2.75) is 18.4 Å². The van der Waals surface area contributed by atoms with Gasteiger partial charge < -0.3 is 19.5 Å². The van der Waals surface area contributed by atoms with E-state index in [2.05, 4.69) is 59.9 Å². The number of nitrogens with zero attached hydrogens (tertiary/aromatic N) is 6. The van der Waals surface area contributed by atoms with Gasteiger partial charge in [-0.05, 0) is 54.5 Å². The van der Waals surface area contributed by atoms with Crippen LogP contribution in [0.2, 0.25) is 0 Å². The first kappa shape index (κ1) is 19.5. The molecule has 0 bridgehead atoms. The summed E-state index contributed by atoms with van der Waals surface area (Å²) in [6.45, 7) is 1.28. The van der Waals surface area contributed by atoms with Crippen molar-refractivity contribution >= 4 is 11.6 Å². The van der Waals surface area contributed by atoms with E-state index in [0.717, 1.165) is 30.0 Å². The molecule has 1 amide bonds. The van der Waals surface area contributed by atoms with E-state index < -0.39 is 0 Å². The number of ether oxygens (including phenoxy) is 1. The van der Waals surface area contributed by atoms with Crippen LogP contribution in [0.5, 0.6) is 5.75 Å². The van der Waals surface area contributed by atoms with Crippen LogP contribution in [0.25, 0.3) is 17.2 Å². The summed E-state index contributed by atoms with van der Waals surface area (Å²) in [7, 11) is 1.68. The van der Waals surface area contributed by atoms with Gasteiger partial charge in [-0.25, -0.2) is 0 Å². The molecule has 1 spiro atoms. The highest BCUT2D eigenvalue weighted by molar-refractivity contribution is 5.94. The van der Waals surface area contributed by atoms with E-state index in [4.69, 9.17) is 4.74 Å². The number of carbonyl (C=O) groups is 1. The largest absolute Gasteiger partial charge is 0.497 e. The molecule has 10 nitrogen and oxygen atoms in total. The Balaban J connectivity index is 1.22. The number of methoxy groups -OCH3 is 1. The van der Waals surface area contributed by atoms with Gasteiger partial charge >= 0.3 is 0 Å². The molecule has 4 aromatic rings. The number of likely N-dealkylation sites (tertiary alicyclic amines) is 1. The molecule has 0 radical (unpaired) electrons. The summed E-state index contributed by atoms with van der Waals surface area (Å²) in [5.41, 5.74) is 4.25. The molecule has 1 saturated heterocycles. The molecule has 6 rings (SSSR count). The number of benzene rings is 1. The summed E-state index contributed by atoms with van der Waals surface area (Å²) in [4.78, 5) is 19.4. The normalized spacial score (nSPS) is 16.1. The molecule has 0 aliphatic carbocycles. The second-order valence-electron chi connectivity index (χ2n) is 8.31. The molecule has 1 aromatic carbocycles. The van der Waals surface area contributed by atoms with Crippen molar-refractivity contribution in [2.24, 2.45) is 0 Å². The van der Waals surface area contributed by atoms with Crippen LogP contribution < -0.4 is 10.1 Å². The van der Waals surface area contributed by atoms with Crippen LogP contribution in [0.4, 0.5) is 5.69 Å². The Morgan fingerprint density at radius 1 is 1.15 bits per heavy atom. The number of pyridine rings is 1. The zero-order valence-electron chi connectivity index (χ0n) is 18.0. The minimum atomic E-state index is -0.236. The Morgan fingerprint density at radius 2 is 2.03 bits per heavy atom. The van der Waals surface area contributed by atoms with Gasteiger partial charge in [0.25, 0.3) is 5.91 Å². The van der Waals surface area contributed by atoms with Crippen LogP contribution in [0.3, 0.4) is 0 Å². The van der Waals surface area contributed by atoms with Gasteiger partial charge in [-0.15, -0.1) is 10.2 Å². The van der Waals surface area contributed by atoms with Gasteiger partial charge in [-0.1, -0.05) is 0 Å². The zero-order chi connectivity index (χ0) is 22.4. The van der Waals surface area contributed by atoms with Gasteiger partial charge in [0.1, 0.15) is 11.4 Å². The molecule has 0 atom stereocenters. The number of H-pyrrole nitrogens is 1. The molecule has 166 valence electrons. The van der Waals surface area contributed by atoms with E-state index in [-0.39, 0.29) is 11.4 Å². The molecule has 2 N–H and O–H groups in total. The second-order valence-corrected chi connectivity index (χ2v) is 8.31. The lowest BCUT2D eigenvalue weighted by molar-refractivity contribution is 0.0676. The fourth-order valence-corrected chi connectivity index (χ4v) is 4.83. The average Bonchev–Trinajstić information content (AvgIpc) is 3.57. The predicted molar refractivity (Wildman–Crippen MR) is 120 cm³/mol. The maximum Gasteiger partial charge on any atom is 0.255 e. The second kappa shape index (κ2) is 7.44. The highest BCUT2D eigenvalue weighted by Crippen LogP contribution is 2.44. The van der Waals surface area contributed by atoms with Crippen molar-refractivity contribution in [1.82, 2.24) is 35.1 Å². The summed E-state index contributed by atoms with van der Waals surface area (Å²) in [5.74, 6) is 1.19. The van der Waals surface area contributed by atoms with E-state index >= 15 is 0 Å². The van der Waals surface area contributed by atoms with E-state index in [9.17, 15) is 4.79 Å². The standard InChI is InChI=1S/C23H22N8O2/c1-33-16-5-7-19-18(13-16)25-23(20-3-2-10-31(19)20)8-11-30(12-9-23)22(32)15-4-6-17(24-14-15)21-26-28-29-27-21/h2-7,10,13-14,25H,8-9,11-12H2,1H3,(H,26,27,28,29). The van der Waals surface area contributed by atoms with Crippen molar-refractivity contribution in [1.29, 1.82) is 0 Å². The van der Waals surface area contributed by atoms with Gasteiger partial charge in [-0.3, -0.25) is 9.78 Å². The third-order valence-electron chi connectivity index (χ3n) is 6.57. The third-order valence-corrected chi connectivity index (χ3v) is 6.57. The van der Waals surface area contributed by atoms with Crippen LogP contribution in [-0.4, -0.2) is 61.2 Å². The molecule has 2 aliphatic heterocycles. The van der Waals surface area contributed by atoms with Crippen LogP contribution >= 0.6 is 0 Å². The Labute approximate surface area is 189 Å². The fourth-order valence-electron chi connectivity index (χ4n) is 4.83.